The summed E-state index contributed by atoms with van der Waals surface area (Å²) in [7, 11) is -5.28. The molecule has 0 aliphatic carbocycles. The van der Waals surface area contributed by atoms with Crippen LogP contribution in [0.3, 0.4) is 0 Å². The minimum Gasteiger partial charge on any atom is -0.810 e. The average Bonchev–Trinajstić information content (AvgIpc) is 2.49. The third-order valence-electron chi connectivity index (χ3n) is 3.21. The van der Waals surface area contributed by atoms with Crippen molar-refractivity contribution in [3.05, 3.63) is 76.9 Å². The third-order valence-corrected chi connectivity index (χ3v) is 3.94. The van der Waals surface area contributed by atoms with Crippen molar-refractivity contribution in [2.24, 2.45) is 0 Å². The number of benzene rings is 2. The Balaban J connectivity index is 2.72. The fraction of sp³-hybridized carbons (Fsp3) is 0.125. The van der Waals surface area contributed by atoms with Crippen LogP contribution < -0.4 is 9.79 Å². The van der Waals surface area contributed by atoms with E-state index in [0.29, 0.717) is 0 Å². The summed E-state index contributed by atoms with van der Waals surface area (Å²) in [5.41, 5.74) is -0.975. The summed E-state index contributed by atoms with van der Waals surface area (Å²) < 4.78 is 64.0. The van der Waals surface area contributed by atoms with Gasteiger partial charge in [-0.05, 0) is 41.0 Å². The highest BCUT2D eigenvalue weighted by atomic mass is 31.2. The van der Waals surface area contributed by atoms with E-state index in [9.17, 15) is 31.9 Å². The molecule has 0 saturated heterocycles. The number of alkyl halides is 2. The zero-order valence-corrected chi connectivity index (χ0v) is 13.0. The molecule has 0 amide bonds. The molecular formula is C16H11F4O3P-2. The SMILES string of the molecule is O=P([O-])([O-])CC(=C(c1ccc(F)cc1)c1ccc(F)cc1)C(F)F. The molecule has 24 heavy (non-hydrogen) atoms. The van der Waals surface area contributed by atoms with Gasteiger partial charge in [-0.2, -0.15) is 0 Å². The van der Waals surface area contributed by atoms with Gasteiger partial charge in [0.05, 0.1) is 0 Å². The van der Waals surface area contributed by atoms with Crippen molar-refractivity contribution >= 4 is 13.2 Å². The van der Waals surface area contributed by atoms with Gasteiger partial charge in [-0.1, -0.05) is 31.9 Å². The molecule has 0 aromatic heterocycles. The van der Waals surface area contributed by atoms with Gasteiger partial charge in [-0.25, -0.2) is 17.6 Å². The van der Waals surface area contributed by atoms with Crippen molar-refractivity contribution in [1.82, 2.24) is 0 Å². The molecule has 0 aliphatic rings. The quantitative estimate of drug-likeness (QED) is 0.610. The van der Waals surface area contributed by atoms with Crippen LogP contribution in [0.4, 0.5) is 17.6 Å². The first-order valence-electron chi connectivity index (χ1n) is 6.71. The maximum atomic E-state index is 13.4. The van der Waals surface area contributed by atoms with E-state index in [0.717, 1.165) is 24.3 Å². The lowest BCUT2D eigenvalue weighted by molar-refractivity contribution is -0.312. The summed E-state index contributed by atoms with van der Waals surface area (Å²) in [5, 5.41) is 0. The van der Waals surface area contributed by atoms with Gasteiger partial charge in [0.25, 0.3) is 6.43 Å². The summed E-state index contributed by atoms with van der Waals surface area (Å²) in [6, 6.07) is 8.75. The summed E-state index contributed by atoms with van der Waals surface area (Å²) in [6.07, 6.45) is -4.61. The number of rotatable bonds is 5. The molecule has 0 spiro atoms. The zero-order valence-electron chi connectivity index (χ0n) is 12.1. The number of allylic oxidation sites excluding steroid dienone is 1. The van der Waals surface area contributed by atoms with Gasteiger partial charge in [0.15, 0.2) is 0 Å². The molecule has 2 aromatic rings. The van der Waals surface area contributed by atoms with Crippen LogP contribution >= 0.6 is 7.60 Å². The molecule has 8 heteroatoms. The molecule has 0 bridgehead atoms. The average molecular weight is 358 g/mol. The maximum absolute atomic E-state index is 13.4. The van der Waals surface area contributed by atoms with Crippen LogP contribution in [-0.2, 0) is 4.57 Å². The molecule has 0 radical (unpaired) electrons. The van der Waals surface area contributed by atoms with Crippen LogP contribution in [0.5, 0.6) is 0 Å². The van der Waals surface area contributed by atoms with E-state index in [-0.39, 0.29) is 16.7 Å². The molecule has 0 fully saturated rings. The first kappa shape index (κ1) is 18.4. The molecule has 0 aliphatic heterocycles. The molecule has 2 rings (SSSR count). The van der Waals surface area contributed by atoms with Crippen LogP contribution in [-0.4, -0.2) is 12.6 Å². The van der Waals surface area contributed by atoms with Crippen LogP contribution in [0.15, 0.2) is 54.1 Å². The minimum atomic E-state index is -5.28. The van der Waals surface area contributed by atoms with Crippen LogP contribution in [0.1, 0.15) is 11.1 Å². The van der Waals surface area contributed by atoms with Gasteiger partial charge in [0, 0.05) is 11.7 Å². The summed E-state index contributed by atoms with van der Waals surface area (Å²) >= 11 is 0. The van der Waals surface area contributed by atoms with Crippen LogP contribution in [0.2, 0.25) is 0 Å². The molecule has 0 saturated carbocycles. The first-order valence-corrected chi connectivity index (χ1v) is 8.44. The van der Waals surface area contributed by atoms with Crippen molar-refractivity contribution in [3.8, 4) is 0 Å². The highest BCUT2D eigenvalue weighted by Crippen LogP contribution is 2.37. The van der Waals surface area contributed by atoms with Crippen molar-refractivity contribution in [3.63, 3.8) is 0 Å². The second kappa shape index (κ2) is 7.30. The molecule has 0 heterocycles. The number of hydrogen-bond acceptors (Lipinski definition) is 3. The van der Waals surface area contributed by atoms with Gasteiger partial charge in [0.2, 0.25) is 0 Å². The van der Waals surface area contributed by atoms with E-state index >= 15 is 0 Å². The maximum Gasteiger partial charge on any atom is 0.261 e. The van der Waals surface area contributed by atoms with Crippen molar-refractivity contribution in [2.45, 2.75) is 6.43 Å². The third kappa shape index (κ3) is 4.77. The van der Waals surface area contributed by atoms with E-state index < -0.39 is 37.4 Å². The van der Waals surface area contributed by atoms with Crippen LogP contribution in [0.25, 0.3) is 5.57 Å². The second-order valence-corrected chi connectivity index (χ2v) is 6.52. The predicted octanol–water partition coefficient (Wildman–Crippen LogP) is 2.95. The Morgan fingerprint density at radius 1 is 0.875 bits per heavy atom. The van der Waals surface area contributed by atoms with E-state index in [4.69, 9.17) is 0 Å². The molecular weight excluding hydrogens is 347 g/mol. The number of halogens is 4. The topological polar surface area (TPSA) is 63.2 Å². The Bertz CT molecular complexity index is 732. The highest BCUT2D eigenvalue weighted by Gasteiger charge is 2.21. The van der Waals surface area contributed by atoms with Gasteiger partial charge < -0.3 is 14.4 Å². The van der Waals surface area contributed by atoms with E-state index in [1.165, 1.54) is 24.3 Å². The molecule has 2 aromatic carbocycles. The predicted molar refractivity (Wildman–Crippen MR) is 77.3 cm³/mol. The summed E-state index contributed by atoms with van der Waals surface area (Å²) in [5.74, 6) is -1.23. The lowest BCUT2D eigenvalue weighted by atomic mass is 9.93. The Morgan fingerprint density at radius 3 is 1.54 bits per heavy atom. The Labute approximate surface area is 135 Å². The first-order chi connectivity index (χ1) is 11.2. The highest BCUT2D eigenvalue weighted by molar-refractivity contribution is 7.49. The van der Waals surface area contributed by atoms with Crippen molar-refractivity contribution in [2.75, 3.05) is 6.16 Å². The smallest absolute Gasteiger partial charge is 0.261 e. The standard InChI is InChI=1S/C16H13F4O3P/c17-12-5-1-10(2-6-12)15(11-3-7-13(18)8-4-11)14(16(19)20)9-24(21,22)23/h1-8,16H,9H2,(H2,21,22,23)/p-2. The fourth-order valence-electron chi connectivity index (χ4n) is 2.24. The van der Waals surface area contributed by atoms with Gasteiger partial charge >= 0.3 is 0 Å². The van der Waals surface area contributed by atoms with E-state index in [1.807, 2.05) is 0 Å². The van der Waals surface area contributed by atoms with Crippen molar-refractivity contribution in [1.29, 1.82) is 0 Å². The Hall–Kier alpha value is -1.95. The van der Waals surface area contributed by atoms with Crippen LogP contribution in [0, 0.1) is 11.6 Å². The summed E-state index contributed by atoms with van der Waals surface area (Å²) in [6.45, 7) is 0. The normalized spacial score (nSPS) is 11.6. The molecule has 0 N–H and O–H groups in total. The largest absolute Gasteiger partial charge is 0.810 e. The lowest BCUT2D eigenvalue weighted by Crippen LogP contribution is -2.21. The molecule has 0 atom stereocenters. The summed E-state index contributed by atoms with van der Waals surface area (Å²) in [4.78, 5) is 22.0. The second-order valence-electron chi connectivity index (χ2n) is 4.98. The monoisotopic (exact) mass is 358 g/mol. The minimum absolute atomic E-state index is 0.0896. The number of hydrogen-bond donors (Lipinski definition) is 0. The molecule has 0 unspecified atom stereocenters. The Morgan fingerprint density at radius 2 is 1.25 bits per heavy atom. The van der Waals surface area contributed by atoms with E-state index in [1.54, 1.807) is 0 Å². The molecule has 3 nitrogen and oxygen atoms in total. The molecule has 128 valence electrons. The van der Waals surface area contributed by atoms with Gasteiger partial charge in [0.1, 0.15) is 11.6 Å². The van der Waals surface area contributed by atoms with Crippen molar-refractivity contribution < 1.29 is 31.9 Å². The van der Waals surface area contributed by atoms with E-state index in [2.05, 4.69) is 0 Å². The zero-order chi connectivity index (χ0) is 17.9. The Kier molecular flexibility index (Phi) is 5.59. The van der Waals surface area contributed by atoms with Gasteiger partial charge in [-0.15, -0.1) is 0 Å². The van der Waals surface area contributed by atoms with Gasteiger partial charge in [-0.3, -0.25) is 0 Å². The fourth-order valence-corrected chi connectivity index (χ4v) is 2.95. The lowest BCUT2D eigenvalue weighted by Gasteiger charge is -2.31.